The van der Waals surface area contributed by atoms with Gasteiger partial charge in [-0.25, -0.2) is 15.0 Å². The summed E-state index contributed by atoms with van der Waals surface area (Å²) in [7, 11) is 0. The fraction of sp³-hybridized carbons (Fsp3) is 0. The molecule has 40 heavy (non-hydrogen) atoms. The first-order chi connectivity index (χ1) is 19.6. The Morgan fingerprint density at radius 2 is 1.40 bits per heavy atom. The van der Waals surface area contributed by atoms with Gasteiger partial charge in [-0.1, -0.05) is 13.2 Å². The van der Waals surface area contributed by atoms with Crippen molar-refractivity contribution >= 4 is 36.5 Å². The highest BCUT2D eigenvalue weighted by Crippen LogP contribution is 2.37. The van der Waals surface area contributed by atoms with Gasteiger partial charge in [-0.3, -0.25) is 9.97 Å². The molecule has 0 saturated carbocycles. The van der Waals surface area contributed by atoms with Crippen LogP contribution in [0.15, 0.2) is 68.3 Å². The van der Waals surface area contributed by atoms with Crippen molar-refractivity contribution in [2.45, 2.75) is 0 Å². The summed E-state index contributed by atoms with van der Waals surface area (Å²) in [5, 5.41) is 29.5. The van der Waals surface area contributed by atoms with Crippen LogP contribution < -0.4 is 0 Å². The topological polar surface area (TPSA) is 131 Å². The normalized spacial score (nSPS) is 11.7. The summed E-state index contributed by atoms with van der Waals surface area (Å²) in [6, 6.07) is 9.00. The molecule has 6 rings (SSSR count). The Morgan fingerprint density at radius 1 is 0.650 bits per heavy atom. The van der Waals surface area contributed by atoms with Crippen LogP contribution in [0.2, 0.25) is 0 Å². The molecule has 0 aliphatic carbocycles. The molecule has 0 bridgehead atoms. The summed E-state index contributed by atoms with van der Waals surface area (Å²) in [5.74, 6) is -0.0843. The van der Waals surface area contributed by atoms with Crippen LogP contribution in [0.25, 0.3) is 70.2 Å². The van der Waals surface area contributed by atoms with Gasteiger partial charge in [-0.15, -0.1) is 10.2 Å². The highest BCUT2D eigenvalue weighted by molar-refractivity contribution is 5.90. The van der Waals surface area contributed by atoms with Gasteiger partial charge in [0, 0.05) is 29.1 Å². The van der Waals surface area contributed by atoms with E-state index in [0.717, 1.165) is 11.1 Å². The van der Waals surface area contributed by atoms with E-state index < -0.39 is 0 Å². The highest BCUT2D eigenvalue weighted by Gasteiger charge is 2.20. The smallest absolute Gasteiger partial charge is 0.221 e. The summed E-state index contributed by atoms with van der Waals surface area (Å²) < 4.78 is 0. The molecule has 192 valence electrons. The maximum absolute atomic E-state index is 10.5. The lowest BCUT2D eigenvalue weighted by molar-refractivity contribution is 0.456. The van der Waals surface area contributed by atoms with E-state index in [1.807, 2.05) is 36.4 Å². The van der Waals surface area contributed by atoms with E-state index in [9.17, 15) is 10.2 Å². The number of nitrogens with zero attached hydrogens (tertiary/aromatic N) is 7. The lowest BCUT2D eigenvalue weighted by atomic mass is 10.1. The molecule has 9 nitrogen and oxygen atoms in total. The summed E-state index contributed by atoms with van der Waals surface area (Å²) in [6.45, 7) is 7.70. The van der Waals surface area contributed by atoms with Gasteiger partial charge in [-0.05, 0) is 66.8 Å². The second-order valence-electron chi connectivity index (χ2n) is 8.76. The maximum atomic E-state index is 10.5. The quantitative estimate of drug-likeness (QED) is 0.278. The number of hydrogen-bond acceptors (Lipinski definition) is 9. The van der Waals surface area contributed by atoms with Crippen LogP contribution in [-0.2, 0) is 0 Å². The van der Waals surface area contributed by atoms with E-state index in [1.54, 1.807) is 42.7 Å². The van der Waals surface area contributed by atoms with Crippen molar-refractivity contribution in [1.82, 2.24) is 35.1 Å². The third kappa shape index (κ3) is 4.31. The molecule has 6 heterocycles. The van der Waals surface area contributed by atoms with Gasteiger partial charge in [0.1, 0.15) is 11.4 Å². The second kappa shape index (κ2) is 10.1. The monoisotopic (exact) mass is 523 g/mol. The molecule has 0 amide bonds. The molecule has 0 atom stereocenters. The Morgan fingerprint density at radius 3 is 2.20 bits per heavy atom. The Labute approximate surface area is 229 Å². The molecule has 0 radical (unpaired) electrons. The van der Waals surface area contributed by atoms with E-state index in [4.69, 9.17) is 0 Å². The van der Waals surface area contributed by atoms with Gasteiger partial charge >= 0.3 is 0 Å². The van der Waals surface area contributed by atoms with Crippen molar-refractivity contribution in [3.63, 3.8) is 0 Å². The van der Waals surface area contributed by atoms with Crippen LogP contribution in [0.4, 0.5) is 0 Å². The van der Waals surface area contributed by atoms with E-state index in [0.29, 0.717) is 56.5 Å². The molecular weight excluding hydrogens is 502 g/mol. The third-order valence-corrected chi connectivity index (χ3v) is 6.41. The molecule has 0 aromatic rings. The molecule has 0 saturated heterocycles. The van der Waals surface area contributed by atoms with Crippen molar-refractivity contribution in [1.29, 1.82) is 0 Å². The molecule has 0 aromatic heterocycles. The Bertz CT molecular complexity index is 1880. The van der Waals surface area contributed by atoms with E-state index in [-0.39, 0.29) is 11.6 Å². The van der Waals surface area contributed by atoms with Crippen LogP contribution in [0.3, 0.4) is 0 Å². The lowest BCUT2D eigenvalue weighted by Gasteiger charge is -1.98. The Balaban J connectivity index is 1.36. The highest BCUT2D eigenvalue weighted by atomic mass is 16.3. The van der Waals surface area contributed by atoms with Crippen molar-refractivity contribution in [2.75, 3.05) is 0 Å². The summed E-state index contributed by atoms with van der Waals surface area (Å²) in [5.41, 5.74) is 7.73. The van der Waals surface area contributed by atoms with E-state index in [1.165, 1.54) is 12.4 Å². The standard InChI is InChI=1S/C31H21N7O2/c1-3-22-20(29-26(36-22)13-15-32-17-28(29)39)10-8-18-7-9-19-24(37-38-27(19)16-34-18)12-11-21-23(4-2)35-25-6-5-14-33-31(40)30(21)25/h3-17,39H,1-2H2,(H,33,40)/b10-8+,12-11+. The molecule has 0 aromatic carbocycles. The summed E-state index contributed by atoms with van der Waals surface area (Å²) in [4.78, 5) is 21.7. The number of fused-ring (bicyclic) bond motifs is 3. The van der Waals surface area contributed by atoms with Gasteiger partial charge in [-0.2, -0.15) is 0 Å². The first kappa shape index (κ1) is 24.5. The van der Waals surface area contributed by atoms with Gasteiger partial charge in [0.25, 0.3) is 0 Å². The second-order valence-corrected chi connectivity index (χ2v) is 8.76. The molecule has 0 unspecified atom stereocenters. The average molecular weight is 524 g/mol. The van der Waals surface area contributed by atoms with Crippen LogP contribution in [0.1, 0.15) is 33.9 Å². The van der Waals surface area contributed by atoms with Gasteiger partial charge < -0.3 is 10.2 Å². The SMILES string of the molecule is C=Cc1nc2ccncc(O)c-2c1/C=C/c1ccc2c(/C=C/c3c(C=C)nc4cccnc(O)c3-4)nnc-2cn1. The van der Waals surface area contributed by atoms with Gasteiger partial charge in [0.05, 0.1) is 57.7 Å². The minimum Gasteiger partial charge on any atom is -0.506 e. The molecule has 6 aliphatic heterocycles. The minimum atomic E-state index is -0.114. The minimum absolute atomic E-state index is 0.0301. The average Bonchev–Trinajstić information content (AvgIpc) is 3.49. The first-order valence-corrected chi connectivity index (χ1v) is 12.2. The summed E-state index contributed by atoms with van der Waals surface area (Å²) >= 11 is 0. The van der Waals surface area contributed by atoms with E-state index in [2.05, 4.69) is 48.3 Å². The lowest BCUT2D eigenvalue weighted by Crippen LogP contribution is -1.80. The van der Waals surface area contributed by atoms with Crippen LogP contribution in [-0.4, -0.2) is 45.3 Å². The van der Waals surface area contributed by atoms with Crippen molar-refractivity contribution in [3.8, 4) is 45.4 Å². The zero-order valence-electron chi connectivity index (χ0n) is 21.1. The molecule has 9 heteroatoms. The third-order valence-electron chi connectivity index (χ3n) is 6.41. The first-order valence-electron chi connectivity index (χ1n) is 12.2. The molecule has 0 spiro atoms. The summed E-state index contributed by atoms with van der Waals surface area (Å²) in [6.07, 6.45) is 16.7. The van der Waals surface area contributed by atoms with Crippen LogP contribution in [0.5, 0.6) is 11.6 Å². The van der Waals surface area contributed by atoms with E-state index >= 15 is 0 Å². The predicted octanol–water partition coefficient (Wildman–Crippen LogP) is 5.80. The Kier molecular flexibility index (Phi) is 6.21. The zero-order chi connectivity index (χ0) is 27.6. The zero-order valence-corrected chi connectivity index (χ0v) is 21.1. The van der Waals surface area contributed by atoms with Crippen molar-refractivity contribution in [2.24, 2.45) is 0 Å². The molecule has 2 N–H and O–H groups in total. The van der Waals surface area contributed by atoms with Crippen LogP contribution in [0, 0.1) is 0 Å². The fourth-order valence-corrected chi connectivity index (χ4v) is 4.54. The number of hydrogen-bond donors (Lipinski definition) is 2. The fourth-order valence-electron chi connectivity index (χ4n) is 4.54. The maximum Gasteiger partial charge on any atom is 0.221 e. The molecular formula is C31H21N7O2. The predicted molar refractivity (Wildman–Crippen MR) is 155 cm³/mol. The van der Waals surface area contributed by atoms with Gasteiger partial charge in [0.2, 0.25) is 5.88 Å². The molecule has 6 aliphatic rings. The number of rotatable bonds is 6. The van der Waals surface area contributed by atoms with Crippen molar-refractivity contribution in [3.05, 3.63) is 102 Å². The van der Waals surface area contributed by atoms with Gasteiger partial charge in [0.15, 0.2) is 0 Å². The van der Waals surface area contributed by atoms with Crippen LogP contribution >= 0.6 is 0 Å². The molecule has 0 fully saturated rings. The number of aromatic hydroxyl groups is 2. The Hall–Kier alpha value is -5.83. The van der Waals surface area contributed by atoms with Crippen molar-refractivity contribution < 1.29 is 10.2 Å². The number of aromatic nitrogens is 7. The largest absolute Gasteiger partial charge is 0.506 e.